The van der Waals surface area contributed by atoms with Crippen LogP contribution < -0.4 is 5.32 Å². The molecule has 0 aromatic carbocycles. The lowest BCUT2D eigenvalue weighted by molar-refractivity contribution is -0.228. The first-order valence-electron chi connectivity index (χ1n) is 15.6. The minimum Gasteiger partial charge on any atom is -0.393 e. The van der Waals surface area contributed by atoms with E-state index in [0.29, 0.717) is 18.3 Å². The zero-order valence-electron chi connectivity index (χ0n) is 26.0. The summed E-state index contributed by atoms with van der Waals surface area (Å²) in [4.78, 5) is 27.8. The second-order valence-corrected chi connectivity index (χ2v) is 16.9. The Morgan fingerprint density at radius 1 is 0.895 bits per heavy atom. The summed E-state index contributed by atoms with van der Waals surface area (Å²) in [5.74, 6) is 1.87. The molecule has 5 aliphatic rings. The number of carbonyl (C=O) groups is 2. The van der Waals surface area contributed by atoms with Gasteiger partial charge in [0, 0.05) is 12.0 Å². The van der Waals surface area contributed by atoms with Crippen LogP contribution in [-0.2, 0) is 9.59 Å². The molecular weight excluding hydrogens is 470 g/mol. The molecule has 4 fully saturated rings. The number of allylic oxidation sites excluding steroid dienone is 1. The molecule has 5 rings (SSSR count). The summed E-state index contributed by atoms with van der Waals surface area (Å²) < 4.78 is 0. The van der Waals surface area contributed by atoms with E-state index in [1.165, 1.54) is 18.4 Å². The molecule has 0 spiro atoms. The summed E-state index contributed by atoms with van der Waals surface area (Å²) >= 11 is 0. The largest absolute Gasteiger partial charge is 0.393 e. The van der Waals surface area contributed by atoms with Gasteiger partial charge in [0.1, 0.15) is 0 Å². The predicted octanol–water partition coefficient (Wildman–Crippen LogP) is 7.24. The van der Waals surface area contributed by atoms with E-state index in [4.69, 9.17) is 0 Å². The van der Waals surface area contributed by atoms with Crippen molar-refractivity contribution in [2.24, 2.45) is 50.7 Å². The molecule has 0 aliphatic heterocycles. The standard InChI is InChI=1S/C34H55NO3/c1-20(2)26-22(36)19-34(28(38)35-29(3,4)5)18-17-32(9)21(27(26)34)11-12-24-31(8)15-14-25(37)30(6,7)23(31)13-16-33(24,32)10/h20-21,23-25,37H,11-19H2,1-10H3,(H,35,38)/t21-,23+,24-,25+,31+,32-,33-,34-/m1/s1. The van der Waals surface area contributed by atoms with Crippen LogP contribution in [0.4, 0.5) is 0 Å². The first-order valence-corrected chi connectivity index (χ1v) is 15.6. The summed E-state index contributed by atoms with van der Waals surface area (Å²) in [7, 11) is 0. The van der Waals surface area contributed by atoms with Crippen LogP contribution in [0, 0.1) is 50.7 Å². The smallest absolute Gasteiger partial charge is 0.231 e. The Bertz CT molecular complexity index is 1060. The number of nitrogens with one attached hydrogen (secondary N) is 1. The molecule has 0 unspecified atom stereocenters. The molecule has 0 aromatic rings. The molecule has 4 nitrogen and oxygen atoms in total. The summed E-state index contributed by atoms with van der Waals surface area (Å²) in [5, 5.41) is 14.3. The van der Waals surface area contributed by atoms with Gasteiger partial charge in [-0.2, -0.15) is 0 Å². The Morgan fingerprint density at radius 2 is 1.55 bits per heavy atom. The molecule has 0 saturated heterocycles. The lowest BCUT2D eigenvalue weighted by Crippen LogP contribution is -2.66. The monoisotopic (exact) mass is 525 g/mol. The van der Waals surface area contributed by atoms with Crippen molar-refractivity contribution in [3.05, 3.63) is 11.1 Å². The topological polar surface area (TPSA) is 66.4 Å². The maximum atomic E-state index is 14.1. The lowest BCUT2D eigenvalue weighted by atomic mass is 9.33. The van der Waals surface area contributed by atoms with E-state index in [9.17, 15) is 14.7 Å². The van der Waals surface area contributed by atoms with Crippen LogP contribution in [-0.4, -0.2) is 28.4 Å². The van der Waals surface area contributed by atoms with Gasteiger partial charge in [-0.3, -0.25) is 9.59 Å². The third kappa shape index (κ3) is 3.56. The van der Waals surface area contributed by atoms with Crippen LogP contribution in [0.1, 0.15) is 127 Å². The van der Waals surface area contributed by atoms with Gasteiger partial charge in [0.2, 0.25) is 5.91 Å². The zero-order chi connectivity index (χ0) is 28.3. The van der Waals surface area contributed by atoms with Gasteiger partial charge in [0.25, 0.3) is 0 Å². The average Bonchev–Trinajstić information content (AvgIpc) is 3.09. The van der Waals surface area contributed by atoms with Crippen molar-refractivity contribution in [3.63, 3.8) is 0 Å². The van der Waals surface area contributed by atoms with Gasteiger partial charge in [0.15, 0.2) is 5.78 Å². The van der Waals surface area contributed by atoms with E-state index in [2.05, 4.69) is 53.8 Å². The molecule has 4 saturated carbocycles. The Morgan fingerprint density at radius 3 is 2.16 bits per heavy atom. The Hall–Kier alpha value is -1.16. The quantitative estimate of drug-likeness (QED) is 0.399. The number of ketones is 1. The van der Waals surface area contributed by atoms with Crippen molar-refractivity contribution >= 4 is 11.7 Å². The second-order valence-electron chi connectivity index (χ2n) is 16.9. The van der Waals surface area contributed by atoms with E-state index >= 15 is 0 Å². The average molecular weight is 526 g/mol. The number of hydrogen-bond acceptors (Lipinski definition) is 3. The molecular formula is C34H55NO3. The van der Waals surface area contributed by atoms with E-state index in [1.54, 1.807) is 0 Å². The first kappa shape index (κ1) is 28.4. The molecule has 0 bridgehead atoms. The van der Waals surface area contributed by atoms with E-state index in [-0.39, 0.29) is 56.8 Å². The maximum absolute atomic E-state index is 14.1. The molecule has 0 aromatic heterocycles. The van der Waals surface area contributed by atoms with Gasteiger partial charge in [-0.05, 0) is 129 Å². The van der Waals surface area contributed by atoms with E-state index in [1.807, 2.05) is 20.8 Å². The van der Waals surface area contributed by atoms with Gasteiger partial charge in [-0.1, -0.05) is 48.5 Å². The van der Waals surface area contributed by atoms with Crippen molar-refractivity contribution in [1.82, 2.24) is 5.32 Å². The highest BCUT2D eigenvalue weighted by atomic mass is 16.3. The van der Waals surface area contributed by atoms with E-state index < -0.39 is 5.41 Å². The highest BCUT2D eigenvalue weighted by Crippen LogP contribution is 2.76. The summed E-state index contributed by atoms with van der Waals surface area (Å²) in [6.07, 6.45) is 8.54. The number of amides is 1. The fourth-order valence-corrected chi connectivity index (χ4v) is 11.3. The second kappa shape index (κ2) is 8.43. The van der Waals surface area contributed by atoms with Crippen molar-refractivity contribution in [2.45, 2.75) is 139 Å². The minimum absolute atomic E-state index is 0.0515. The molecule has 38 heavy (non-hydrogen) atoms. The summed E-state index contributed by atoms with van der Waals surface area (Å²) in [6.45, 7) is 22.7. The van der Waals surface area contributed by atoms with Gasteiger partial charge >= 0.3 is 0 Å². The lowest BCUT2D eigenvalue weighted by Gasteiger charge is -2.72. The summed E-state index contributed by atoms with van der Waals surface area (Å²) in [5.41, 5.74) is 1.62. The highest BCUT2D eigenvalue weighted by Gasteiger charge is 2.70. The van der Waals surface area contributed by atoms with Gasteiger partial charge in [-0.15, -0.1) is 0 Å². The zero-order valence-corrected chi connectivity index (χ0v) is 26.0. The number of rotatable bonds is 2. The molecule has 2 N–H and O–H groups in total. The van der Waals surface area contributed by atoms with Crippen molar-refractivity contribution in [3.8, 4) is 0 Å². The normalized spacial score (nSPS) is 46.3. The van der Waals surface area contributed by atoms with Gasteiger partial charge in [-0.25, -0.2) is 0 Å². The highest BCUT2D eigenvalue weighted by molar-refractivity contribution is 6.07. The van der Waals surface area contributed by atoms with Crippen LogP contribution in [0.5, 0.6) is 0 Å². The predicted molar refractivity (Wildman–Crippen MR) is 153 cm³/mol. The number of carbonyl (C=O) groups excluding carboxylic acids is 2. The Kier molecular flexibility index (Phi) is 6.29. The number of Topliss-reactive ketones (excluding diaryl/α,β-unsaturated/α-hetero) is 1. The third-order valence-electron chi connectivity index (χ3n) is 13.3. The SMILES string of the molecule is CC(C)C1=C2[C@H]3CC[C@@H]4[C@@]5(C)CC[C@H](O)C(C)(C)[C@@H]5CC[C@@]4(C)[C@]3(C)CC[C@@]2(C(=O)NC(C)(C)C)CC1=O. The molecule has 5 aliphatic carbocycles. The number of hydrogen-bond donors (Lipinski definition) is 2. The minimum atomic E-state index is -0.671. The van der Waals surface area contributed by atoms with Crippen molar-refractivity contribution < 1.29 is 14.7 Å². The first-order chi connectivity index (χ1) is 17.4. The molecule has 214 valence electrons. The molecule has 0 heterocycles. The van der Waals surface area contributed by atoms with Gasteiger partial charge < -0.3 is 10.4 Å². The maximum Gasteiger partial charge on any atom is 0.231 e. The fraction of sp³-hybridized carbons (Fsp3) is 0.882. The van der Waals surface area contributed by atoms with Crippen molar-refractivity contribution in [2.75, 3.05) is 0 Å². The van der Waals surface area contributed by atoms with Crippen LogP contribution in [0.3, 0.4) is 0 Å². The van der Waals surface area contributed by atoms with Crippen LogP contribution in [0.15, 0.2) is 11.1 Å². The Labute approximate surface area is 232 Å². The van der Waals surface area contributed by atoms with Crippen LogP contribution in [0.2, 0.25) is 0 Å². The molecule has 1 amide bonds. The molecule has 0 radical (unpaired) electrons. The number of fused-ring (bicyclic) bond motifs is 7. The van der Waals surface area contributed by atoms with Crippen molar-refractivity contribution in [1.29, 1.82) is 0 Å². The third-order valence-corrected chi connectivity index (χ3v) is 13.3. The Balaban J connectivity index is 1.60. The van der Waals surface area contributed by atoms with E-state index in [0.717, 1.165) is 44.1 Å². The van der Waals surface area contributed by atoms with Crippen LogP contribution in [0.25, 0.3) is 0 Å². The van der Waals surface area contributed by atoms with Gasteiger partial charge in [0.05, 0.1) is 11.5 Å². The number of aliphatic hydroxyl groups excluding tert-OH is 1. The summed E-state index contributed by atoms with van der Waals surface area (Å²) in [6, 6.07) is 0. The molecule has 8 atom stereocenters. The fourth-order valence-electron chi connectivity index (χ4n) is 11.3. The van der Waals surface area contributed by atoms with Crippen LogP contribution >= 0.6 is 0 Å². The number of aliphatic hydroxyl groups is 1. The molecule has 4 heteroatoms.